The predicted octanol–water partition coefficient (Wildman–Crippen LogP) is 3.19. The average Bonchev–Trinajstić information content (AvgIpc) is 2.94. The fourth-order valence-electron chi connectivity index (χ4n) is 3.45. The first-order chi connectivity index (χ1) is 13.5. The van der Waals surface area contributed by atoms with Crippen LogP contribution in [0.3, 0.4) is 0 Å². The number of carbonyl (C=O) groups excluding carboxylic acids is 2. The van der Waals surface area contributed by atoms with E-state index in [1.165, 1.54) is 5.56 Å². The van der Waals surface area contributed by atoms with E-state index in [9.17, 15) is 9.59 Å². The van der Waals surface area contributed by atoms with Crippen molar-refractivity contribution in [2.24, 2.45) is 0 Å². The summed E-state index contributed by atoms with van der Waals surface area (Å²) in [7, 11) is 0. The summed E-state index contributed by atoms with van der Waals surface area (Å²) in [5.74, 6) is -0.381. The van der Waals surface area contributed by atoms with Gasteiger partial charge in [0.1, 0.15) is 6.04 Å². The Hall–Kier alpha value is -2.37. The Morgan fingerprint density at radius 2 is 1.71 bits per heavy atom. The Bertz CT molecular complexity index is 812. The van der Waals surface area contributed by atoms with E-state index in [0.29, 0.717) is 23.7 Å². The summed E-state index contributed by atoms with van der Waals surface area (Å²) in [4.78, 5) is 29.5. The average molecular weight is 400 g/mol. The fraction of sp³-hybridized carbons (Fsp3) is 0.364. The van der Waals surface area contributed by atoms with Crippen LogP contribution in [0.15, 0.2) is 54.6 Å². The van der Waals surface area contributed by atoms with Crippen molar-refractivity contribution in [2.45, 2.75) is 25.9 Å². The molecule has 6 heteroatoms. The summed E-state index contributed by atoms with van der Waals surface area (Å²) in [6.45, 7) is 5.77. The Kier molecular flexibility index (Phi) is 7.06. The lowest BCUT2D eigenvalue weighted by molar-refractivity contribution is -0.132. The van der Waals surface area contributed by atoms with Crippen molar-refractivity contribution in [3.05, 3.63) is 70.7 Å². The summed E-state index contributed by atoms with van der Waals surface area (Å²) < 4.78 is 0. The van der Waals surface area contributed by atoms with Gasteiger partial charge in [-0.1, -0.05) is 54.1 Å². The molecule has 148 valence electrons. The molecule has 28 heavy (non-hydrogen) atoms. The van der Waals surface area contributed by atoms with E-state index < -0.39 is 6.04 Å². The quantitative estimate of drug-likeness (QED) is 0.840. The maximum atomic E-state index is 12.8. The summed E-state index contributed by atoms with van der Waals surface area (Å²) in [5.41, 5.74) is 1.66. The van der Waals surface area contributed by atoms with Crippen molar-refractivity contribution in [3.63, 3.8) is 0 Å². The van der Waals surface area contributed by atoms with Gasteiger partial charge in [0.2, 0.25) is 5.91 Å². The number of hydrogen-bond donors (Lipinski definition) is 1. The standard InChI is InChI=1S/C22H26ClN3O2/c1-17(24-21(27)19-10-5-6-11-20(19)23)22(28)26-13-7-12-25(14-15-26)16-18-8-3-2-4-9-18/h2-6,8-11,17H,7,12-16H2,1H3,(H,24,27)/t17-/m1/s1. The molecule has 0 unspecified atom stereocenters. The van der Waals surface area contributed by atoms with E-state index >= 15 is 0 Å². The molecule has 3 rings (SSSR count). The molecule has 1 N–H and O–H groups in total. The highest BCUT2D eigenvalue weighted by Gasteiger charge is 2.25. The second-order valence-electron chi connectivity index (χ2n) is 7.12. The molecule has 5 nitrogen and oxygen atoms in total. The van der Waals surface area contributed by atoms with Gasteiger partial charge in [0.15, 0.2) is 0 Å². The normalized spacial score (nSPS) is 16.3. The highest BCUT2D eigenvalue weighted by Crippen LogP contribution is 2.15. The first-order valence-corrected chi connectivity index (χ1v) is 10.0. The summed E-state index contributed by atoms with van der Waals surface area (Å²) >= 11 is 6.07. The van der Waals surface area contributed by atoms with E-state index in [-0.39, 0.29) is 11.8 Å². The second-order valence-corrected chi connectivity index (χ2v) is 7.52. The molecule has 1 heterocycles. The van der Waals surface area contributed by atoms with Crippen LogP contribution in [0.5, 0.6) is 0 Å². The van der Waals surface area contributed by atoms with E-state index in [4.69, 9.17) is 11.6 Å². The topological polar surface area (TPSA) is 52.7 Å². The van der Waals surface area contributed by atoms with Gasteiger partial charge in [-0.3, -0.25) is 14.5 Å². The molecule has 1 saturated heterocycles. The Labute approximate surface area is 171 Å². The molecule has 0 saturated carbocycles. The molecular formula is C22H26ClN3O2. The molecular weight excluding hydrogens is 374 g/mol. The first kappa shape index (κ1) is 20.4. The number of nitrogens with one attached hydrogen (secondary N) is 1. The third kappa shape index (κ3) is 5.33. The minimum atomic E-state index is -0.593. The van der Waals surface area contributed by atoms with Gasteiger partial charge in [-0.05, 0) is 31.0 Å². The number of hydrogen-bond acceptors (Lipinski definition) is 3. The number of nitrogens with zero attached hydrogens (tertiary/aromatic N) is 2. The number of benzene rings is 2. The van der Waals surface area contributed by atoms with Crippen LogP contribution in [0.25, 0.3) is 0 Å². The molecule has 1 fully saturated rings. The zero-order valence-corrected chi connectivity index (χ0v) is 16.9. The molecule has 1 aliphatic heterocycles. The van der Waals surface area contributed by atoms with Gasteiger partial charge in [-0.15, -0.1) is 0 Å². The van der Waals surface area contributed by atoms with Gasteiger partial charge in [-0.25, -0.2) is 0 Å². The lowest BCUT2D eigenvalue weighted by Crippen LogP contribution is -2.48. The molecule has 2 amide bonds. The van der Waals surface area contributed by atoms with Gasteiger partial charge < -0.3 is 10.2 Å². The van der Waals surface area contributed by atoms with E-state index in [1.807, 2.05) is 23.1 Å². The third-order valence-corrected chi connectivity index (χ3v) is 5.32. The molecule has 0 radical (unpaired) electrons. The van der Waals surface area contributed by atoms with Gasteiger partial charge in [0, 0.05) is 32.7 Å². The van der Waals surface area contributed by atoms with Crippen molar-refractivity contribution < 1.29 is 9.59 Å². The van der Waals surface area contributed by atoms with Crippen LogP contribution >= 0.6 is 11.6 Å². The summed E-state index contributed by atoms with van der Waals surface area (Å²) in [6.07, 6.45) is 0.920. The molecule has 0 aliphatic carbocycles. The molecule has 0 bridgehead atoms. The van der Waals surface area contributed by atoms with Crippen LogP contribution in [0, 0.1) is 0 Å². The van der Waals surface area contributed by atoms with Crippen LogP contribution in [0.4, 0.5) is 0 Å². The third-order valence-electron chi connectivity index (χ3n) is 4.99. The maximum absolute atomic E-state index is 12.8. The lowest BCUT2D eigenvalue weighted by Gasteiger charge is -2.25. The Morgan fingerprint density at radius 1 is 1.00 bits per heavy atom. The smallest absolute Gasteiger partial charge is 0.253 e. The van der Waals surface area contributed by atoms with Crippen LogP contribution in [-0.2, 0) is 11.3 Å². The SMILES string of the molecule is C[C@@H](NC(=O)c1ccccc1Cl)C(=O)N1CCCN(Cc2ccccc2)CC1. The van der Waals surface area contributed by atoms with Gasteiger partial charge in [0.05, 0.1) is 10.6 Å². The molecule has 0 aromatic heterocycles. The van der Waals surface area contributed by atoms with Crippen molar-refractivity contribution in [1.82, 2.24) is 15.1 Å². The second kappa shape index (κ2) is 9.71. The number of amides is 2. The van der Waals surface area contributed by atoms with Crippen molar-refractivity contribution in [2.75, 3.05) is 26.2 Å². The summed E-state index contributed by atoms with van der Waals surface area (Å²) in [5, 5.41) is 3.16. The minimum Gasteiger partial charge on any atom is -0.340 e. The van der Waals surface area contributed by atoms with Gasteiger partial charge in [-0.2, -0.15) is 0 Å². The fourth-order valence-corrected chi connectivity index (χ4v) is 3.67. The monoisotopic (exact) mass is 399 g/mol. The minimum absolute atomic E-state index is 0.0537. The van der Waals surface area contributed by atoms with Gasteiger partial charge >= 0.3 is 0 Å². The molecule has 0 spiro atoms. The predicted molar refractivity (Wildman–Crippen MR) is 111 cm³/mol. The van der Waals surface area contributed by atoms with Crippen molar-refractivity contribution in [1.29, 1.82) is 0 Å². The van der Waals surface area contributed by atoms with Crippen LogP contribution < -0.4 is 5.32 Å². The maximum Gasteiger partial charge on any atom is 0.253 e. The summed E-state index contributed by atoms with van der Waals surface area (Å²) in [6, 6.07) is 16.6. The highest BCUT2D eigenvalue weighted by atomic mass is 35.5. The van der Waals surface area contributed by atoms with Crippen molar-refractivity contribution in [3.8, 4) is 0 Å². The van der Waals surface area contributed by atoms with Crippen LogP contribution in [0.2, 0.25) is 5.02 Å². The van der Waals surface area contributed by atoms with E-state index in [0.717, 1.165) is 26.1 Å². The van der Waals surface area contributed by atoms with Crippen molar-refractivity contribution >= 4 is 23.4 Å². The molecule has 1 aliphatic rings. The largest absolute Gasteiger partial charge is 0.340 e. The molecule has 1 atom stereocenters. The van der Waals surface area contributed by atoms with Crippen LogP contribution in [0.1, 0.15) is 29.3 Å². The highest BCUT2D eigenvalue weighted by molar-refractivity contribution is 6.33. The number of halogens is 1. The van der Waals surface area contributed by atoms with Gasteiger partial charge in [0.25, 0.3) is 5.91 Å². The first-order valence-electron chi connectivity index (χ1n) is 9.65. The Morgan fingerprint density at radius 3 is 2.46 bits per heavy atom. The van der Waals surface area contributed by atoms with E-state index in [1.54, 1.807) is 31.2 Å². The molecule has 2 aromatic rings. The zero-order valence-electron chi connectivity index (χ0n) is 16.1. The lowest BCUT2D eigenvalue weighted by atomic mass is 10.2. The number of rotatable bonds is 5. The van der Waals surface area contributed by atoms with Crippen LogP contribution in [-0.4, -0.2) is 53.8 Å². The molecule has 2 aromatic carbocycles. The Balaban J connectivity index is 1.54. The number of carbonyl (C=O) groups is 2. The zero-order chi connectivity index (χ0) is 19.9. The van der Waals surface area contributed by atoms with E-state index in [2.05, 4.69) is 22.3 Å².